The number of hydrogen-bond acceptors (Lipinski definition) is 0. The molecule has 0 atom stereocenters. The highest BCUT2D eigenvalue weighted by Crippen LogP contribution is 2.31. The Morgan fingerprint density at radius 2 is 0.889 bits per heavy atom. The summed E-state index contributed by atoms with van der Waals surface area (Å²) in [5, 5.41) is 0. The minimum absolute atomic E-state index is 1.19. The average Bonchev–Trinajstić information content (AvgIpc) is 2.49. The van der Waals surface area contributed by atoms with Crippen molar-refractivity contribution in [3.8, 4) is 22.3 Å². The first-order chi connectivity index (χ1) is 8.95. The third kappa shape index (κ3) is 2.05. The summed E-state index contributed by atoms with van der Waals surface area (Å²) in [5.74, 6) is 0. The van der Waals surface area contributed by atoms with Gasteiger partial charge in [-0.3, -0.25) is 0 Å². The van der Waals surface area contributed by atoms with E-state index in [9.17, 15) is 0 Å². The van der Waals surface area contributed by atoms with Gasteiger partial charge in [0, 0.05) is 0 Å². The summed E-state index contributed by atoms with van der Waals surface area (Å²) >= 11 is 0. The molecule has 0 N–H and O–H groups in total. The van der Waals surface area contributed by atoms with Crippen LogP contribution in [0.2, 0.25) is 0 Å². The molecule has 0 nitrogen and oxygen atoms in total. The standard InChI is InChI=1S/C18H12/c1-3-9-15(10-4-1)17-13-7-8-14-18(17)16-11-5-2-6-12-16/h1-6,9-14H. The zero-order chi connectivity index (χ0) is 12.2. The lowest BCUT2D eigenvalue weighted by Crippen LogP contribution is -1.84. The Morgan fingerprint density at radius 3 is 1.28 bits per heavy atom. The largest absolute Gasteiger partial charge is 0.0622 e. The van der Waals surface area contributed by atoms with Gasteiger partial charge in [0.15, 0.2) is 0 Å². The van der Waals surface area contributed by atoms with E-state index in [1.54, 1.807) is 0 Å². The molecule has 0 aromatic heterocycles. The maximum absolute atomic E-state index is 3.04. The molecule has 84 valence electrons. The van der Waals surface area contributed by atoms with E-state index in [1.807, 2.05) is 24.3 Å². The van der Waals surface area contributed by atoms with Crippen LogP contribution in [-0.2, 0) is 0 Å². The van der Waals surface area contributed by atoms with Crippen molar-refractivity contribution in [2.24, 2.45) is 0 Å². The van der Waals surface area contributed by atoms with Crippen LogP contribution in [0.3, 0.4) is 0 Å². The van der Waals surface area contributed by atoms with Gasteiger partial charge in [0.1, 0.15) is 0 Å². The van der Waals surface area contributed by atoms with E-state index in [0.717, 1.165) is 0 Å². The summed E-state index contributed by atoms with van der Waals surface area (Å²) < 4.78 is 0. The lowest BCUT2D eigenvalue weighted by molar-refractivity contribution is 1.57. The molecule has 3 aromatic carbocycles. The van der Waals surface area contributed by atoms with Crippen LogP contribution in [-0.4, -0.2) is 0 Å². The molecule has 2 radical (unpaired) electrons. The van der Waals surface area contributed by atoms with Crippen LogP contribution in [0, 0.1) is 12.1 Å². The van der Waals surface area contributed by atoms with Crippen molar-refractivity contribution < 1.29 is 0 Å². The van der Waals surface area contributed by atoms with Crippen molar-refractivity contribution >= 4 is 0 Å². The summed E-state index contributed by atoms with van der Waals surface area (Å²) in [6.45, 7) is 0. The molecule has 18 heavy (non-hydrogen) atoms. The van der Waals surface area contributed by atoms with E-state index in [-0.39, 0.29) is 0 Å². The van der Waals surface area contributed by atoms with Crippen molar-refractivity contribution in [1.29, 1.82) is 0 Å². The van der Waals surface area contributed by atoms with Crippen molar-refractivity contribution in [2.75, 3.05) is 0 Å². The summed E-state index contributed by atoms with van der Waals surface area (Å²) in [7, 11) is 0. The third-order valence-electron chi connectivity index (χ3n) is 2.98. The zero-order valence-corrected chi connectivity index (χ0v) is 9.93. The lowest BCUT2D eigenvalue weighted by Gasteiger charge is -2.09. The minimum atomic E-state index is 1.19. The van der Waals surface area contributed by atoms with E-state index in [2.05, 4.69) is 60.7 Å². The van der Waals surface area contributed by atoms with Gasteiger partial charge in [-0.15, -0.1) is 0 Å². The Labute approximate surface area is 108 Å². The molecule has 0 saturated carbocycles. The summed E-state index contributed by atoms with van der Waals surface area (Å²) in [6, 6.07) is 30.9. The van der Waals surface area contributed by atoms with Gasteiger partial charge in [0.25, 0.3) is 0 Å². The second-order valence-electron chi connectivity index (χ2n) is 4.14. The highest BCUT2D eigenvalue weighted by Gasteiger charge is 2.05. The van der Waals surface area contributed by atoms with Crippen LogP contribution in [0.1, 0.15) is 0 Å². The summed E-state index contributed by atoms with van der Waals surface area (Å²) in [5.41, 5.74) is 4.81. The molecule has 3 rings (SSSR count). The van der Waals surface area contributed by atoms with Gasteiger partial charge in [-0.25, -0.2) is 0 Å². The fraction of sp³-hybridized carbons (Fsp3) is 0. The van der Waals surface area contributed by atoms with Gasteiger partial charge in [-0.1, -0.05) is 60.7 Å². The van der Waals surface area contributed by atoms with Gasteiger partial charge >= 0.3 is 0 Å². The summed E-state index contributed by atoms with van der Waals surface area (Å²) in [4.78, 5) is 0. The van der Waals surface area contributed by atoms with Crippen LogP contribution >= 0.6 is 0 Å². The Kier molecular flexibility index (Phi) is 2.93. The first-order valence-corrected chi connectivity index (χ1v) is 5.98. The second kappa shape index (κ2) is 4.89. The molecule has 0 bridgehead atoms. The first-order valence-electron chi connectivity index (χ1n) is 5.98. The highest BCUT2D eigenvalue weighted by atomic mass is 14.1. The zero-order valence-electron chi connectivity index (χ0n) is 9.93. The van der Waals surface area contributed by atoms with Gasteiger partial charge < -0.3 is 0 Å². The molecule has 0 fully saturated rings. The predicted octanol–water partition coefficient (Wildman–Crippen LogP) is 4.62. The van der Waals surface area contributed by atoms with Crippen molar-refractivity contribution in [2.45, 2.75) is 0 Å². The Bertz CT molecular complexity index is 566. The highest BCUT2D eigenvalue weighted by molar-refractivity contribution is 5.83. The monoisotopic (exact) mass is 228 g/mol. The molecule has 0 heteroatoms. The fourth-order valence-electron chi connectivity index (χ4n) is 2.10. The SMILES string of the molecule is [c]1[c]cc(-c2ccccc2)c(-c2ccccc2)c1. The number of hydrogen-bond donors (Lipinski definition) is 0. The average molecular weight is 228 g/mol. The topological polar surface area (TPSA) is 0 Å². The molecule has 0 aliphatic heterocycles. The van der Waals surface area contributed by atoms with E-state index in [1.165, 1.54) is 22.3 Å². The Hall–Kier alpha value is -2.34. The molecule has 0 aliphatic rings. The molecule has 0 heterocycles. The van der Waals surface area contributed by atoms with Crippen LogP contribution in [0.25, 0.3) is 22.3 Å². The molecular weight excluding hydrogens is 216 g/mol. The molecule has 0 saturated heterocycles. The van der Waals surface area contributed by atoms with E-state index in [0.29, 0.717) is 0 Å². The van der Waals surface area contributed by atoms with Crippen LogP contribution in [0.4, 0.5) is 0 Å². The molecule has 0 unspecified atom stereocenters. The molecule has 0 amide bonds. The lowest BCUT2D eigenvalue weighted by atomic mass is 9.95. The van der Waals surface area contributed by atoms with Crippen LogP contribution in [0.5, 0.6) is 0 Å². The first kappa shape index (κ1) is 10.8. The normalized spacial score (nSPS) is 10.2. The van der Waals surface area contributed by atoms with Gasteiger partial charge in [-0.2, -0.15) is 0 Å². The smallest absolute Gasteiger partial charge is 0.00921 e. The van der Waals surface area contributed by atoms with E-state index in [4.69, 9.17) is 0 Å². The second-order valence-corrected chi connectivity index (χ2v) is 4.14. The summed E-state index contributed by atoms with van der Waals surface area (Å²) in [6.07, 6.45) is 0. The molecular formula is C18H12. The van der Waals surface area contributed by atoms with Gasteiger partial charge in [0.05, 0.1) is 0 Å². The maximum atomic E-state index is 3.04. The fourth-order valence-corrected chi connectivity index (χ4v) is 2.10. The molecule has 3 aromatic rings. The number of rotatable bonds is 2. The minimum Gasteiger partial charge on any atom is -0.0622 e. The van der Waals surface area contributed by atoms with Crippen molar-refractivity contribution in [1.82, 2.24) is 0 Å². The van der Waals surface area contributed by atoms with E-state index >= 15 is 0 Å². The van der Waals surface area contributed by atoms with Crippen molar-refractivity contribution in [3.05, 3.63) is 84.9 Å². The van der Waals surface area contributed by atoms with E-state index < -0.39 is 0 Å². The van der Waals surface area contributed by atoms with Crippen molar-refractivity contribution in [3.63, 3.8) is 0 Å². The van der Waals surface area contributed by atoms with Crippen LogP contribution in [0.15, 0.2) is 72.8 Å². The quantitative estimate of drug-likeness (QED) is 0.600. The Morgan fingerprint density at radius 1 is 0.500 bits per heavy atom. The molecule has 0 aliphatic carbocycles. The predicted molar refractivity (Wildman–Crippen MR) is 75.0 cm³/mol. The number of benzene rings is 3. The van der Waals surface area contributed by atoms with Crippen LogP contribution < -0.4 is 0 Å². The van der Waals surface area contributed by atoms with Gasteiger partial charge in [-0.05, 0) is 46.5 Å². The Balaban J connectivity index is 2.18. The maximum Gasteiger partial charge on any atom is -0.00921 e. The van der Waals surface area contributed by atoms with Gasteiger partial charge in [0.2, 0.25) is 0 Å². The molecule has 0 spiro atoms. The third-order valence-corrected chi connectivity index (χ3v) is 2.98.